The van der Waals surface area contributed by atoms with Gasteiger partial charge in [0.05, 0.1) is 6.61 Å². The van der Waals surface area contributed by atoms with Crippen molar-refractivity contribution in [2.24, 2.45) is 0 Å². The van der Waals surface area contributed by atoms with E-state index in [1.807, 2.05) is 0 Å². The molecule has 0 aliphatic carbocycles. The van der Waals surface area contributed by atoms with E-state index in [0.29, 0.717) is 12.8 Å². The molecule has 1 atom stereocenters. The van der Waals surface area contributed by atoms with E-state index in [1.54, 1.807) is 0 Å². The SMILES string of the molecule is CC/C=C\C/C=C\C/C=C\C/C=C\C/C=C\C/C=C\C/C=C\C/C=C\C/C=C\C/C=C\C/C=C\CCCCCCCCCC(=O)OC(CO)COC(=O)CCCCCCCCCCCCCCCCCCC/C=C\CCCCCCCCCC. The lowest BCUT2D eigenvalue weighted by molar-refractivity contribution is -0.161. The maximum Gasteiger partial charge on any atom is 0.306 e. The molecule has 0 aromatic heterocycles. The van der Waals surface area contributed by atoms with Crippen LogP contribution in [0.5, 0.6) is 0 Å². The third-order valence-electron chi connectivity index (χ3n) is 15.1. The van der Waals surface area contributed by atoms with Gasteiger partial charge in [0.2, 0.25) is 0 Å². The second-order valence-corrected chi connectivity index (χ2v) is 23.2. The Balaban J connectivity index is 3.56. The molecule has 0 aromatic carbocycles. The molecular weight excluding hydrogens is 1030 g/mol. The lowest BCUT2D eigenvalue weighted by Crippen LogP contribution is -2.28. The molecule has 0 spiro atoms. The van der Waals surface area contributed by atoms with Crippen molar-refractivity contribution >= 4 is 11.9 Å². The molecule has 1 unspecified atom stereocenters. The maximum absolute atomic E-state index is 12.4. The largest absolute Gasteiger partial charge is 0.462 e. The Morgan fingerprint density at radius 1 is 0.286 bits per heavy atom. The zero-order valence-corrected chi connectivity index (χ0v) is 54.9. The van der Waals surface area contributed by atoms with Gasteiger partial charge in [-0.15, -0.1) is 0 Å². The molecule has 1 N–H and O–H groups in total. The summed E-state index contributed by atoms with van der Waals surface area (Å²) in [5.41, 5.74) is 0. The minimum atomic E-state index is -0.788. The average Bonchev–Trinajstić information content (AvgIpc) is 3.51. The van der Waals surface area contributed by atoms with Crippen molar-refractivity contribution in [1.29, 1.82) is 0 Å². The second-order valence-electron chi connectivity index (χ2n) is 23.2. The highest BCUT2D eigenvalue weighted by molar-refractivity contribution is 5.70. The van der Waals surface area contributed by atoms with Gasteiger partial charge in [0.25, 0.3) is 0 Å². The summed E-state index contributed by atoms with van der Waals surface area (Å²) in [4.78, 5) is 24.7. The highest BCUT2D eigenvalue weighted by Gasteiger charge is 2.16. The summed E-state index contributed by atoms with van der Waals surface area (Å²) in [5, 5.41) is 9.70. The first-order valence-electron chi connectivity index (χ1n) is 35.4. The van der Waals surface area contributed by atoms with Gasteiger partial charge in [-0.25, -0.2) is 0 Å². The number of hydrogen-bond acceptors (Lipinski definition) is 5. The van der Waals surface area contributed by atoms with E-state index in [9.17, 15) is 14.7 Å². The van der Waals surface area contributed by atoms with Gasteiger partial charge in [-0.2, -0.15) is 0 Å². The van der Waals surface area contributed by atoms with E-state index >= 15 is 0 Å². The number of carbonyl (C=O) groups excluding carboxylic acids is 2. The molecule has 0 aliphatic heterocycles. The summed E-state index contributed by atoms with van der Waals surface area (Å²) in [6.07, 6.45) is 110. The van der Waals surface area contributed by atoms with Crippen LogP contribution in [0.3, 0.4) is 0 Å². The molecule has 0 saturated heterocycles. The Kier molecular flexibility index (Phi) is 69.4. The van der Waals surface area contributed by atoms with E-state index in [1.165, 1.54) is 180 Å². The second kappa shape index (κ2) is 73.0. The fourth-order valence-corrected chi connectivity index (χ4v) is 9.85. The predicted octanol–water partition coefficient (Wildman–Crippen LogP) is 24.9. The molecule has 0 aliphatic rings. The summed E-state index contributed by atoms with van der Waals surface area (Å²) in [7, 11) is 0. The van der Waals surface area contributed by atoms with Gasteiger partial charge < -0.3 is 14.6 Å². The molecule has 5 heteroatoms. The molecule has 0 heterocycles. The maximum atomic E-state index is 12.4. The number of aliphatic hydroxyl groups excluding tert-OH is 1. The molecule has 478 valence electrons. The minimum Gasteiger partial charge on any atom is -0.462 e. The summed E-state index contributed by atoms with van der Waals surface area (Å²) >= 11 is 0. The number of hydrogen-bond donors (Lipinski definition) is 1. The van der Waals surface area contributed by atoms with Crippen molar-refractivity contribution in [3.8, 4) is 0 Å². The van der Waals surface area contributed by atoms with Crippen LogP contribution in [0.1, 0.15) is 322 Å². The van der Waals surface area contributed by atoms with Gasteiger partial charge in [-0.3, -0.25) is 9.59 Å². The number of esters is 2. The fraction of sp³-hybridized carbons (Fsp3) is 0.671. The first kappa shape index (κ1) is 79.8. The van der Waals surface area contributed by atoms with Crippen molar-refractivity contribution in [2.75, 3.05) is 13.2 Å². The Morgan fingerprint density at radius 3 is 0.786 bits per heavy atom. The van der Waals surface area contributed by atoms with Crippen LogP contribution >= 0.6 is 0 Å². The molecule has 0 aromatic rings. The van der Waals surface area contributed by atoms with Crippen LogP contribution in [0.4, 0.5) is 0 Å². The van der Waals surface area contributed by atoms with E-state index < -0.39 is 6.10 Å². The Hall–Kier alpha value is -4.22. The summed E-state index contributed by atoms with van der Waals surface area (Å²) in [6, 6.07) is 0. The number of unbranched alkanes of at least 4 members (excludes halogenated alkanes) is 32. The van der Waals surface area contributed by atoms with Gasteiger partial charge >= 0.3 is 11.9 Å². The molecule has 84 heavy (non-hydrogen) atoms. The summed E-state index contributed by atoms with van der Waals surface area (Å²) in [5.74, 6) is -0.600. The van der Waals surface area contributed by atoms with Crippen molar-refractivity contribution in [3.05, 3.63) is 146 Å². The predicted molar refractivity (Wildman–Crippen MR) is 371 cm³/mol. The Bertz CT molecular complexity index is 1750. The fourth-order valence-electron chi connectivity index (χ4n) is 9.85. The van der Waals surface area contributed by atoms with Gasteiger partial charge in [-0.1, -0.05) is 333 Å². The van der Waals surface area contributed by atoms with Crippen molar-refractivity contribution in [3.63, 3.8) is 0 Å². The topological polar surface area (TPSA) is 72.8 Å². The molecule has 5 nitrogen and oxygen atoms in total. The van der Waals surface area contributed by atoms with Crippen LogP contribution in [0, 0.1) is 0 Å². The van der Waals surface area contributed by atoms with Crippen LogP contribution in [-0.2, 0) is 19.1 Å². The van der Waals surface area contributed by atoms with Crippen molar-refractivity contribution in [2.45, 2.75) is 328 Å². The zero-order chi connectivity index (χ0) is 60.5. The van der Waals surface area contributed by atoms with E-state index in [4.69, 9.17) is 9.47 Å². The van der Waals surface area contributed by atoms with Crippen LogP contribution in [0.2, 0.25) is 0 Å². The highest BCUT2D eigenvalue weighted by Crippen LogP contribution is 2.17. The number of aliphatic hydroxyl groups is 1. The lowest BCUT2D eigenvalue weighted by Gasteiger charge is -2.15. The molecule has 0 amide bonds. The van der Waals surface area contributed by atoms with E-state index in [0.717, 1.165) is 116 Å². The normalized spacial score (nSPS) is 13.1. The molecule has 0 radical (unpaired) electrons. The third-order valence-corrected chi connectivity index (χ3v) is 15.1. The monoisotopic (exact) mass is 1160 g/mol. The van der Waals surface area contributed by atoms with E-state index in [2.05, 4.69) is 160 Å². The molecule has 0 rings (SSSR count). The average molecular weight is 1160 g/mol. The Labute approximate surface area is 520 Å². The Morgan fingerprint density at radius 2 is 0.512 bits per heavy atom. The molecular formula is C79H132O5. The smallest absolute Gasteiger partial charge is 0.306 e. The number of carbonyl (C=O) groups is 2. The quantitative estimate of drug-likeness (QED) is 0.0373. The van der Waals surface area contributed by atoms with Crippen molar-refractivity contribution in [1.82, 2.24) is 0 Å². The zero-order valence-electron chi connectivity index (χ0n) is 54.9. The first-order chi connectivity index (χ1) is 41.6. The van der Waals surface area contributed by atoms with Gasteiger partial charge in [0, 0.05) is 12.8 Å². The standard InChI is InChI=1S/C79H132O5/c1-3-5-7-9-11-13-15-17-19-21-23-25-27-29-31-33-34-35-36-37-38-39-40-41-42-43-44-46-48-50-52-54-56-58-60-62-64-66-68-70-72-74-79(82)84-77(75-80)76-83-78(81)73-71-69-67-65-63-61-59-57-55-53-51-49-47-45-32-30-28-26-24-22-20-18-16-14-12-10-8-6-4-2/h5,7,11,13,17,19,22-25,29,31,34-35,37-38,40-41,43-44,48,50,54,56,77,80H,3-4,6,8-10,12,14-16,18,20-21,26-28,30,32-33,36,39,42,45-47,49,51-53,55,57-76H2,1-2H3/b7-5-,13-11-,19-17-,24-22-,25-23-,31-29-,35-34-,38-37-,41-40-,44-43-,50-48-,56-54-. The summed E-state index contributed by atoms with van der Waals surface area (Å²) < 4.78 is 10.7. The van der Waals surface area contributed by atoms with Gasteiger partial charge in [0.15, 0.2) is 6.10 Å². The van der Waals surface area contributed by atoms with Crippen LogP contribution in [0.25, 0.3) is 0 Å². The lowest BCUT2D eigenvalue weighted by atomic mass is 10.0. The minimum absolute atomic E-state index is 0.0753. The summed E-state index contributed by atoms with van der Waals surface area (Å²) in [6.45, 7) is 4.04. The highest BCUT2D eigenvalue weighted by atomic mass is 16.6. The number of ether oxygens (including phenoxy) is 2. The van der Waals surface area contributed by atoms with Crippen LogP contribution in [0.15, 0.2) is 146 Å². The van der Waals surface area contributed by atoms with Gasteiger partial charge in [0.1, 0.15) is 6.61 Å². The third kappa shape index (κ3) is 70.3. The van der Waals surface area contributed by atoms with Crippen molar-refractivity contribution < 1.29 is 24.2 Å². The molecule has 0 fully saturated rings. The number of rotatable bonds is 64. The molecule has 0 bridgehead atoms. The van der Waals surface area contributed by atoms with Gasteiger partial charge in [-0.05, 0) is 122 Å². The molecule has 0 saturated carbocycles. The number of allylic oxidation sites excluding steroid dienone is 24. The van der Waals surface area contributed by atoms with Crippen LogP contribution in [-0.4, -0.2) is 36.4 Å². The van der Waals surface area contributed by atoms with E-state index in [-0.39, 0.29) is 25.2 Å². The first-order valence-corrected chi connectivity index (χ1v) is 35.4. The van der Waals surface area contributed by atoms with Crippen LogP contribution < -0.4 is 0 Å².